The van der Waals surface area contributed by atoms with Gasteiger partial charge in [-0.15, -0.1) is 0 Å². The Kier molecular flexibility index (Phi) is 3.32. The number of ether oxygens (including phenoxy) is 4. The zero-order chi connectivity index (χ0) is 11.6. The van der Waals surface area contributed by atoms with E-state index in [1.54, 1.807) is 12.0 Å². The minimum absolute atomic E-state index is 0.348. The predicted molar refractivity (Wildman–Crippen MR) is 53.8 cm³/mol. The Morgan fingerprint density at radius 1 is 1.38 bits per heavy atom. The summed E-state index contributed by atoms with van der Waals surface area (Å²) in [6.45, 7) is 1.73. The van der Waals surface area contributed by atoms with Gasteiger partial charge < -0.3 is 18.9 Å². The summed E-state index contributed by atoms with van der Waals surface area (Å²) in [5.74, 6) is -0.564. The Balaban J connectivity index is 2.04. The Bertz CT molecular complexity index is 264. The first kappa shape index (κ1) is 11.6. The first-order valence-corrected chi connectivity index (χ1v) is 5.36. The quantitative estimate of drug-likeness (QED) is 0.660. The molecule has 0 aromatic rings. The molecule has 1 unspecified atom stereocenters. The van der Waals surface area contributed by atoms with E-state index in [4.69, 9.17) is 18.9 Å². The number of piperidine rings is 1. The van der Waals surface area contributed by atoms with Crippen molar-refractivity contribution in [2.75, 3.05) is 34.0 Å². The molecule has 2 aliphatic rings. The van der Waals surface area contributed by atoms with Gasteiger partial charge in [-0.05, 0) is 0 Å². The highest BCUT2D eigenvalue weighted by Crippen LogP contribution is 2.34. The van der Waals surface area contributed by atoms with E-state index in [-0.39, 0.29) is 12.3 Å². The number of carbonyl (C=O) groups is 1. The van der Waals surface area contributed by atoms with Crippen molar-refractivity contribution in [1.29, 1.82) is 0 Å². The predicted octanol–water partition coefficient (Wildman–Crippen LogP) is 0.564. The Morgan fingerprint density at radius 3 is 2.62 bits per heavy atom. The van der Waals surface area contributed by atoms with Gasteiger partial charge in [-0.3, -0.25) is 4.90 Å². The summed E-state index contributed by atoms with van der Waals surface area (Å²) in [5, 5.41) is 0. The van der Waals surface area contributed by atoms with Crippen LogP contribution in [0.4, 0.5) is 4.79 Å². The van der Waals surface area contributed by atoms with E-state index in [2.05, 4.69) is 0 Å². The van der Waals surface area contributed by atoms with E-state index in [1.165, 1.54) is 7.11 Å². The van der Waals surface area contributed by atoms with Crippen molar-refractivity contribution in [3.63, 3.8) is 0 Å². The van der Waals surface area contributed by atoms with Crippen LogP contribution in [0.3, 0.4) is 0 Å². The molecule has 2 heterocycles. The van der Waals surface area contributed by atoms with Crippen molar-refractivity contribution in [1.82, 2.24) is 4.90 Å². The molecule has 0 radical (unpaired) electrons. The van der Waals surface area contributed by atoms with Gasteiger partial charge in [-0.2, -0.15) is 0 Å². The summed E-state index contributed by atoms with van der Waals surface area (Å²) in [7, 11) is 2.93. The number of carbonyl (C=O) groups excluding carboxylic acids is 1. The standard InChI is InChI=1S/C10H17NO5/c1-13-8-7-10(15-5-6-16-10)3-4-11(8)9(12)14-2/h8H,3-7H2,1-2H3. The van der Waals surface area contributed by atoms with Crippen LogP contribution in [-0.2, 0) is 18.9 Å². The third kappa shape index (κ3) is 2.00. The molecular formula is C10H17NO5. The van der Waals surface area contributed by atoms with Crippen LogP contribution in [0.1, 0.15) is 12.8 Å². The molecule has 6 heteroatoms. The Morgan fingerprint density at radius 2 is 2.06 bits per heavy atom. The number of methoxy groups -OCH3 is 2. The van der Waals surface area contributed by atoms with Crippen LogP contribution in [-0.4, -0.2) is 57.0 Å². The highest BCUT2D eigenvalue weighted by molar-refractivity contribution is 5.67. The van der Waals surface area contributed by atoms with Crippen LogP contribution in [0.15, 0.2) is 0 Å². The van der Waals surface area contributed by atoms with Gasteiger partial charge in [0, 0.05) is 26.5 Å². The number of nitrogens with zero attached hydrogens (tertiary/aromatic N) is 1. The summed E-state index contributed by atoms with van der Waals surface area (Å²) >= 11 is 0. The van der Waals surface area contributed by atoms with Gasteiger partial charge in [0.25, 0.3) is 0 Å². The van der Waals surface area contributed by atoms with E-state index < -0.39 is 5.79 Å². The molecule has 1 atom stereocenters. The number of hydrogen-bond donors (Lipinski definition) is 0. The first-order valence-electron chi connectivity index (χ1n) is 5.36. The van der Waals surface area contributed by atoms with Crippen molar-refractivity contribution >= 4 is 6.09 Å². The molecule has 6 nitrogen and oxygen atoms in total. The van der Waals surface area contributed by atoms with E-state index in [9.17, 15) is 4.79 Å². The SMILES string of the molecule is COC(=O)N1CCC2(CC1OC)OCCO2. The monoisotopic (exact) mass is 231 g/mol. The van der Waals surface area contributed by atoms with E-state index >= 15 is 0 Å². The summed E-state index contributed by atoms with van der Waals surface area (Å²) in [5.41, 5.74) is 0. The lowest BCUT2D eigenvalue weighted by molar-refractivity contribution is -0.222. The van der Waals surface area contributed by atoms with Gasteiger partial charge in [0.15, 0.2) is 5.79 Å². The molecule has 2 rings (SSSR count). The fraction of sp³-hybridized carbons (Fsp3) is 0.900. The maximum Gasteiger partial charge on any atom is 0.411 e. The second-order valence-corrected chi connectivity index (χ2v) is 3.92. The van der Waals surface area contributed by atoms with Crippen molar-refractivity contribution in [3.05, 3.63) is 0 Å². The minimum Gasteiger partial charge on any atom is -0.453 e. The summed E-state index contributed by atoms with van der Waals surface area (Å²) in [6.07, 6.45) is 0.458. The Labute approximate surface area is 94.4 Å². The molecule has 2 aliphatic heterocycles. The fourth-order valence-corrected chi connectivity index (χ4v) is 2.21. The summed E-state index contributed by atoms with van der Waals surface area (Å²) < 4.78 is 21.2. The lowest BCUT2D eigenvalue weighted by Gasteiger charge is -2.41. The van der Waals surface area contributed by atoms with Crippen molar-refractivity contribution < 1.29 is 23.7 Å². The number of amides is 1. The van der Waals surface area contributed by atoms with Crippen LogP contribution in [0.2, 0.25) is 0 Å². The second-order valence-electron chi connectivity index (χ2n) is 3.92. The van der Waals surface area contributed by atoms with Crippen LogP contribution in [0, 0.1) is 0 Å². The third-order valence-corrected chi connectivity index (χ3v) is 3.06. The molecule has 0 bridgehead atoms. The maximum atomic E-state index is 11.5. The summed E-state index contributed by atoms with van der Waals surface area (Å²) in [6, 6.07) is 0. The van der Waals surface area contributed by atoms with E-state index in [1.807, 2.05) is 0 Å². The van der Waals surface area contributed by atoms with Crippen LogP contribution < -0.4 is 0 Å². The maximum absolute atomic E-state index is 11.5. The second kappa shape index (κ2) is 4.57. The highest BCUT2D eigenvalue weighted by atomic mass is 16.7. The smallest absolute Gasteiger partial charge is 0.411 e. The van der Waals surface area contributed by atoms with Crippen LogP contribution in [0.5, 0.6) is 0 Å². The zero-order valence-electron chi connectivity index (χ0n) is 9.60. The molecule has 2 saturated heterocycles. The van der Waals surface area contributed by atoms with Crippen molar-refractivity contribution in [3.8, 4) is 0 Å². The number of hydrogen-bond acceptors (Lipinski definition) is 5. The Hall–Kier alpha value is -0.850. The minimum atomic E-state index is -0.564. The fourth-order valence-electron chi connectivity index (χ4n) is 2.21. The lowest BCUT2D eigenvalue weighted by Crippen LogP contribution is -2.53. The van der Waals surface area contributed by atoms with E-state index in [0.717, 1.165) is 0 Å². The van der Waals surface area contributed by atoms with Gasteiger partial charge in [-0.1, -0.05) is 0 Å². The molecule has 0 N–H and O–H groups in total. The van der Waals surface area contributed by atoms with Crippen LogP contribution >= 0.6 is 0 Å². The average Bonchev–Trinajstić information content (AvgIpc) is 2.76. The highest BCUT2D eigenvalue weighted by Gasteiger charge is 2.46. The molecule has 2 fully saturated rings. The van der Waals surface area contributed by atoms with Crippen LogP contribution in [0.25, 0.3) is 0 Å². The normalized spacial score (nSPS) is 28.4. The third-order valence-electron chi connectivity index (χ3n) is 3.06. The molecular weight excluding hydrogens is 214 g/mol. The number of likely N-dealkylation sites (tertiary alicyclic amines) is 1. The molecule has 92 valence electrons. The largest absolute Gasteiger partial charge is 0.453 e. The molecule has 1 amide bonds. The molecule has 1 spiro atoms. The molecule has 0 aromatic heterocycles. The molecule has 0 aromatic carbocycles. The van der Waals surface area contributed by atoms with Gasteiger partial charge in [0.1, 0.15) is 6.23 Å². The first-order chi connectivity index (χ1) is 7.71. The lowest BCUT2D eigenvalue weighted by atomic mass is 10.0. The molecule has 16 heavy (non-hydrogen) atoms. The van der Waals surface area contributed by atoms with Gasteiger partial charge >= 0.3 is 6.09 Å². The zero-order valence-corrected chi connectivity index (χ0v) is 9.60. The molecule has 0 saturated carbocycles. The topological polar surface area (TPSA) is 57.2 Å². The van der Waals surface area contributed by atoms with Crippen molar-refractivity contribution in [2.45, 2.75) is 24.9 Å². The average molecular weight is 231 g/mol. The van der Waals surface area contributed by atoms with Gasteiger partial charge in [0.05, 0.1) is 20.3 Å². The molecule has 0 aliphatic carbocycles. The van der Waals surface area contributed by atoms with Gasteiger partial charge in [-0.25, -0.2) is 4.79 Å². The van der Waals surface area contributed by atoms with Crippen molar-refractivity contribution in [2.24, 2.45) is 0 Å². The summed E-state index contributed by atoms with van der Waals surface area (Å²) in [4.78, 5) is 13.0. The van der Waals surface area contributed by atoms with E-state index in [0.29, 0.717) is 32.6 Å². The number of rotatable bonds is 1. The van der Waals surface area contributed by atoms with Gasteiger partial charge in [0.2, 0.25) is 0 Å².